The number of thiophene rings is 1. The van der Waals surface area contributed by atoms with Gasteiger partial charge < -0.3 is 15.2 Å². The van der Waals surface area contributed by atoms with Crippen LogP contribution in [0.1, 0.15) is 35.9 Å². The van der Waals surface area contributed by atoms with Crippen LogP contribution in [0.25, 0.3) is 0 Å². The van der Waals surface area contributed by atoms with E-state index in [-0.39, 0.29) is 24.0 Å². The molecule has 0 spiro atoms. The lowest BCUT2D eigenvalue weighted by Gasteiger charge is -2.15. The highest BCUT2D eigenvalue weighted by atomic mass is 127. The van der Waals surface area contributed by atoms with E-state index in [2.05, 4.69) is 50.2 Å². The maximum Gasteiger partial charge on any atom is 0.226 e. The van der Waals surface area contributed by atoms with Crippen LogP contribution in [0.2, 0.25) is 0 Å². The van der Waals surface area contributed by atoms with E-state index in [0.717, 1.165) is 31.9 Å². The van der Waals surface area contributed by atoms with Crippen LogP contribution >= 0.6 is 35.3 Å². The number of nitrogens with one attached hydrogen (secondary N) is 2. The molecule has 128 valence electrons. The van der Waals surface area contributed by atoms with Gasteiger partial charge in [-0.3, -0.25) is 4.99 Å². The van der Waals surface area contributed by atoms with Crippen LogP contribution in [0, 0.1) is 6.92 Å². The maximum absolute atomic E-state index is 5.08. The molecule has 2 aromatic rings. The molecule has 2 N–H and O–H groups in total. The van der Waals surface area contributed by atoms with Crippen LogP contribution in [0.4, 0.5) is 0 Å². The van der Waals surface area contributed by atoms with Gasteiger partial charge in [-0.05, 0) is 24.8 Å². The molecule has 6 nitrogen and oxygen atoms in total. The van der Waals surface area contributed by atoms with E-state index in [4.69, 9.17) is 4.52 Å². The predicted molar refractivity (Wildman–Crippen MR) is 105 cm³/mol. The van der Waals surface area contributed by atoms with Gasteiger partial charge in [0.05, 0.1) is 0 Å². The Bertz CT molecular complexity index is 584. The molecule has 0 aliphatic carbocycles. The molecular weight excluding hydrogens is 425 g/mol. The normalized spacial score (nSPS) is 12.6. The molecule has 0 saturated carbocycles. The zero-order chi connectivity index (χ0) is 15.8. The summed E-state index contributed by atoms with van der Waals surface area (Å²) < 4.78 is 5.08. The second-order valence-electron chi connectivity index (χ2n) is 5.14. The van der Waals surface area contributed by atoms with Gasteiger partial charge in [-0.25, -0.2) is 0 Å². The van der Waals surface area contributed by atoms with E-state index >= 15 is 0 Å². The molecule has 2 heterocycles. The van der Waals surface area contributed by atoms with Gasteiger partial charge in [0.15, 0.2) is 11.8 Å². The molecule has 1 unspecified atom stereocenters. The maximum atomic E-state index is 5.08. The minimum Gasteiger partial charge on any atom is -0.356 e. The van der Waals surface area contributed by atoms with Crippen molar-refractivity contribution in [3.8, 4) is 0 Å². The highest BCUT2D eigenvalue weighted by Gasteiger charge is 2.07. The van der Waals surface area contributed by atoms with Crippen LogP contribution in [-0.2, 0) is 6.42 Å². The number of hydrogen-bond donors (Lipinski definition) is 2. The Morgan fingerprint density at radius 2 is 2.26 bits per heavy atom. The zero-order valence-electron chi connectivity index (χ0n) is 13.7. The lowest BCUT2D eigenvalue weighted by atomic mass is 10.1. The lowest BCUT2D eigenvalue weighted by Crippen LogP contribution is -2.39. The van der Waals surface area contributed by atoms with Gasteiger partial charge in [0, 0.05) is 37.4 Å². The second kappa shape index (κ2) is 10.6. The molecule has 0 aromatic carbocycles. The van der Waals surface area contributed by atoms with E-state index < -0.39 is 0 Å². The predicted octanol–water partition coefficient (Wildman–Crippen LogP) is 2.96. The van der Waals surface area contributed by atoms with Crippen molar-refractivity contribution in [3.05, 3.63) is 34.1 Å². The van der Waals surface area contributed by atoms with Crippen molar-refractivity contribution in [2.45, 2.75) is 32.6 Å². The Labute approximate surface area is 158 Å². The van der Waals surface area contributed by atoms with Crippen molar-refractivity contribution in [2.75, 3.05) is 20.1 Å². The summed E-state index contributed by atoms with van der Waals surface area (Å²) in [6.45, 7) is 5.72. The summed E-state index contributed by atoms with van der Waals surface area (Å²) in [5.41, 5.74) is 0. The number of nitrogens with zero attached hydrogens (tertiary/aromatic N) is 3. The first kappa shape index (κ1) is 19.9. The number of halogens is 1. The molecule has 0 bridgehead atoms. The van der Waals surface area contributed by atoms with E-state index in [1.807, 2.05) is 6.92 Å². The molecule has 0 aliphatic heterocycles. The molecule has 23 heavy (non-hydrogen) atoms. The smallest absolute Gasteiger partial charge is 0.226 e. The van der Waals surface area contributed by atoms with Crippen LogP contribution < -0.4 is 10.6 Å². The average molecular weight is 449 g/mol. The van der Waals surface area contributed by atoms with Crippen molar-refractivity contribution < 1.29 is 4.52 Å². The number of aliphatic imine (C=N–C) groups is 1. The van der Waals surface area contributed by atoms with Crippen LogP contribution in [0.15, 0.2) is 27.0 Å². The Hall–Kier alpha value is -1.16. The van der Waals surface area contributed by atoms with Crippen LogP contribution in [0.5, 0.6) is 0 Å². The largest absolute Gasteiger partial charge is 0.356 e. The molecule has 2 rings (SSSR count). The third-order valence-corrected chi connectivity index (χ3v) is 4.36. The van der Waals surface area contributed by atoms with E-state index in [1.54, 1.807) is 18.4 Å². The summed E-state index contributed by atoms with van der Waals surface area (Å²) in [6.07, 6.45) is 1.69. The van der Waals surface area contributed by atoms with Gasteiger partial charge in [-0.1, -0.05) is 18.1 Å². The second-order valence-corrected chi connectivity index (χ2v) is 6.11. The summed E-state index contributed by atoms with van der Waals surface area (Å²) in [5, 5.41) is 12.5. The van der Waals surface area contributed by atoms with Crippen molar-refractivity contribution in [2.24, 2.45) is 4.99 Å². The molecule has 2 aromatic heterocycles. The van der Waals surface area contributed by atoms with E-state index in [1.165, 1.54) is 4.88 Å². The number of guanidine groups is 1. The van der Waals surface area contributed by atoms with Gasteiger partial charge in [0.2, 0.25) is 5.89 Å². The minimum atomic E-state index is 0. The molecular formula is C15H24IN5OS. The summed E-state index contributed by atoms with van der Waals surface area (Å²) in [6, 6.07) is 4.25. The van der Waals surface area contributed by atoms with Gasteiger partial charge in [0.25, 0.3) is 0 Å². The Morgan fingerprint density at radius 1 is 1.43 bits per heavy atom. The van der Waals surface area contributed by atoms with E-state index in [0.29, 0.717) is 17.6 Å². The van der Waals surface area contributed by atoms with Crippen LogP contribution in [-0.4, -0.2) is 36.2 Å². The first-order valence-corrected chi connectivity index (χ1v) is 8.34. The molecule has 0 fully saturated rings. The fourth-order valence-corrected chi connectivity index (χ4v) is 2.82. The minimum absolute atomic E-state index is 0. The molecule has 0 amide bonds. The van der Waals surface area contributed by atoms with Gasteiger partial charge >= 0.3 is 0 Å². The van der Waals surface area contributed by atoms with Crippen molar-refractivity contribution in [1.82, 2.24) is 20.8 Å². The van der Waals surface area contributed by atoms with Gasteiger partial charge in [-0.15, -0.1) is 35.3 Å². The first-order valence-electron chi connectivity index (χ1n) is 7.46. The fourth-order valence-electron chi connectivity index (χ4n) is 2.03. The third-order valence-electron chi connectivity index (χ3n) is 3.26. The highest BCUT2D eigenvalue weighted by molar-refractivity contribution is 14.0. The Kier molecular flexibility index (Phi) is 9.15. The molecule has 1 atom stereocenters. The first-order chi connectivity index (χ1) is 10.7. The SMILES string of the molecule is CN=C(NCCCc1nc(C)no1)NCC(C)c1cccs1.I. The van der Waals surface area contributed by atoms with E-state index in [9.17, 15) is 0 Å². The topological polar surface area (TPSA) is 75.3 Å². The van der Waals surface area contributed by atoms with Crippen molar-refractivity contribution in [3.63, 3.8) is 0 Å². The molecule has 0 aliphatic rings. The lowest BCUT2D eigenvalue weighted by molar-refractivity contribution is 0.372. The third kappa shape index (κ3) is 6.86. The number of aryl methyl sites for hydroxylation is 2. The fraction of sp³-hybridized carbons (Fsp3) is 0.533. The average Bonchev–Trinajstić information content (AvgIpc) is 3.18. The quantitative estimate of drug-likeness (QED) is 0.294. The standard InChI is InChI=1S/C15H23N5OS.HI/c1-11(13-6-5-9-22-13)10-18-15(16-3)17-8-4-7-14-19-12(2)20-21-14;/h5-6,9,11H,4,7-8,10H2,1-3H3,(H2,16,17,18);1H. The monoisotopic (exact) mass is 449 g/mol. The molecule has 0 saturated heterocycles. The Balaban J connectivity index is 0.00000264. The van der Waals surface area contributed by atoms with Gasteiger partial charge in [0.1, 0.15) is 0 Å². The summed E-state index contributed by atoms with van der Waals surface area (Å²) in [5.74, 6) is 2.67. The Morgan fingerprint density at radius 3 is 2.87 bits per heavy atom. The number of rotatable bonds is 7. The highest BCUT2D eigenvalue weighted by Crippen LogP contribution is 2.19. The summed E-state index contributed by atoms with van der Waals surface area (Å²) in [4.78, 5) is 9.81. The van der Waals surface area contributed by atoms with Crippen LogP contribution in [0.3, 0.4) is 0 Å². The zero-order valence-corrected chi connectivity index (χ0v) is 16.9. The van der Waals surface area contributed by atoms with Gasteiger partial charge in [-0.2, -0.15) is 4.98 Å². The summed E-state index contributed by atoms with van der Waals surface area (Å²) in [7, 11) is 1.78. The van der Waals surface area contributed by atoms with Crippen molar-refractivity contribution >= 4 is 41.3 Å². The molecule has 8 heteroatoms. The number of aromatic nitrogens is 2. The number of hydrogen-bond acceptors (Lipinski definition) is 5. The van der Waals surface area contributed by atoms with Crippen molar-refractivity contribution in [1.29, 1.82) is 0 Å². The molecule has 0 radical (unpaired) electrons. The summed E-state index contributed by atoms with van der Waals surface area (Å²) >= 11 is 1.79.